The quantitative estimate of drug-likeness (QED) is 0.898. The molecule has 1 unspecified atom stereocenters. The van der Waals surface area contributed by atoms with Crippen LogP contribution in [0.5, 0.6) is 0 Å². The van der Waals surface area contributed by atoms with Crippen LogP contribution in [0.1, 0.15) is 35.3 Å². The Morgan fingerprint density at radius 3 is 2.47 bits per heavy atom. The zero-order chi connectivity index (χ0) is 14.2. The van der Waals surface area contributed by atoms with Crippen molar-refractivity contribution in [3.63, 3.8) is 0 Å². The highest BCUT2D eigenvalue weighted by Gasteiger charge is 2.10. The number of rotatable bonds is 2. The minimum Gasteiger partial charge on any atom is -0.324 e. The van der Waals surface area contributed by atoms with E-state index in [-0.39, 0.29) is 11.5 Å². The molecule has 2 N–H and O–H groups in total. The summed E-state index contributed by atoms with van der Waals surface area (Å²) < 4.78 is 2.04. The molecule has 100 valence electrons. The summed E-state index contributed by atoms with van der Waals surface area (Å²) in [5.74, 6) is 0. The minimum absolute atomic E-state index is 0.00839. The van der Waals surface area contributed by atoms with Gasteiger partial charge >= 0.3 is 0 Å². The fraction of sp³-hybridized carbons (Fsp3) is 0.312. The molecule has 0 aliphatic rings. The van der Waals surface area contributed by atoms with Gasteiger partial charge in [-0.2, -0.15) is 0 Å². The SMILES string of the molecule is Cc1ccc(C)c(-n2cc(C(C)N)c(=O)cc2C)c1. The van der Waals surface area contributed by atoms with Gasteiger partial charge < -0.3 is 10.3 Å². The molecule has 1 aromatic carbocycles. The third-order valence-electron chi connectivity index (χ3n) is 3.39. The Hall–Kier alpha value is -1.87. The Labute approximate surface area is 113 Å². The Kier molecular flexibility index (Phi) is 3.58. The summed E-state index contributed by atoms with van der Waals surface area (Å²) in [6.07, 6.45) is 1.87. The van der Waals surface area contributed by atoms with Gasteiger partial charge in [0.15, 0.2) is 5.43 Å². The van der Waals surface area contributed by atoms with Gasteiger partial charge in [0.05, 0.1) is 0 Å². The number of pyridine rings is 1. The van der Waals surface area contributed by atoms with Gasteiger partial charge in [-0.3, -0.25) is 4.79 Å². The maximum atomic E-state index is 11.9. The van der Waals surface area contributed by atoms with Crippen molar-refractivity contribution in [2.75, 3.05) is 0 Å². The van der Waals surface area contributed by atoms with Crippen molar-refractivity contribution in [2.45, 2.75) is 33.7 Å². The first kappa shape index (κ1) is 13.6. The van der Waals surface area contributed by atoms with Crippen LogP contribution in [-0.2, 0) is 0 Å². The van der Waals surface area contributed by atoms with Crippen LogP contribution >= 0.6 is 0 Å². The first-order chi connectivity index (χ1) is 8.90. The largest absolute Gasteiger partial charge is 0.324 e. The van der Waals surface area contributed by atoms with E-state index in [4.69, 9.17) is 5.73 Å². The molecular weight excluding hydrogens is 236 g/mol. The van der Waals surface area contributed by atoms with E-state index in [1.165, 1.54) is 11.1 Å². The first-order valence-corrected chi connectivity index (χ1v) is 6.46. The lowest BCUT2D eigenvalue weighted by Gasteiger charge is -2.17. The van der Waals surface area contributed by atoms with Crippen LogP contribution in [0.2, 0.25) is 0 Å². The van der Waals surface area contributed by atoms with E-state index in [0.717, 1.165) is 11.4 Å². The zero-order valence-electron chi connectivity index (χ0n) is 11.9. The smallest absolute Gasteiger partial charge is 0.186 e. The van der Waals surface area contributed by atoms with Crippen molar-refractivity contribution < 1.29 is 0 Å². The van der Waals surface area contributed by atoms with E-state index in [0.29, 0.717) is 5.56 Å². The first-order valence-electron chi connectivity index (χ1n) is 6.46. The fourth-order valence-electron chi connectivity index (χ4n) is 2.23. The number of hydrogen-bond acceptors (Lipinski definition) is 2. The molecule has 1 atom stereocenters. The van der Waals surface area contributed by atoms with Crippen molar-refractivity contribution in [3.05, 3.63) is 63.1 Å². The van der Waals surface area contributed by atoms with Gasteiger partial charge in [-0.25, -0.2) is 0 Å². The number of benzene rings is 1. The summed E-state index contributed by atoms with van der Waals surface area (Å²) in [5.41, 5.74) is 10.9. The molecule has 0 aliphatic carbocycles. The predicted octanol–water partition coefficient (Wildman–Crippen LogP) is 2.78. The van der Waals surface area contributed by atoms with Crippen molar-refractivity contribution in [2.24, 2.45) is 5.73 Å². The minimum atomic E-state index is -0.260. The predicted molar refractivity (Wildman–Crippen MR) is 78.9 cm³/mol. The third-order valence-corrected chi connectivity index (χ3v) is 3.39. The van der Waals surface area contributed by atoms with Crippen molar-refractivity contribution in [3.8, 4) is 5.69 Å². The molecule has 0 amide bonds. The second-order valence-corrected chi connectivity index (χ2v) is 5.18. The van der Waals surface area contributed by atoms with Crippen LogP contribution in [0, 0.1) is 20.8 Å². The highest BCUT2D eigenvalue weighted by atomic mass is 16.1. The van der Waals surface area contributed by atoms with Gasteiger partial charge in [-0.1, -0.05) is 12.1 Å². The molecule has 3 heteroatoms. The summed E-state index contributed by atoms with van der Waals surface area (Å²) in [6, 6.07) is 7.69. The molecule has 0 saturated carbocycles. The summed E-state index contributed by atoms with van der Waals surface area (Å²) in [5, 5.41) is 0. The van der Waals surface area contributed by atoms with E-state index in [9.17, 15) is 4.79 Å². The number of aryl methyl sites for hydroxylation is 3. The molecule has 0 radical (unpaired) electrons. The van der Waals surface area contributed by atoms with Crippen LogP contribution in [0.25, 0.3) is 5.69 Å². The average molecular weight is 256 g/mol. The summed E-state index contributed by atoms with van der Waals surface area (Å²) >= 11 is 0. The maximum absolute atomic E-state index is 11.9. The molecule has 1 heterocycles. The lowest BCUT2D eigenvalue weighted by Crippen LogP contribution is -2.20. The van der Waals surface area contributed by atoms with Crippen LogP contribution < -0.4 is 11.2 Å². The summed E-state index contributed by atoms with van der Waals surface area (Å²) in [6.45, 7) is 7.90. The van der Waals surface area contributed by atoms with E-state index < -0.39 is 0 Å². The highest BCUT2D eigenvalue weighted by molar-refractivity contribution is 5.45. The normalized spacial score (nSPS) is 12.5. The fourth-order valence-corrected chi connectivity index (χ4v) is 2.23. The standard InChI is InChI=1S/C16H20N2O/c1-10-5-6-11(2)15(7-10)18-9-14(13(4)17)16(19)8-12(18)3/h5-9,13H,17H2,1-4H3. The lowest BCUT2D eigenvalue weighted by atomic mass is 10.1. The average Bonchev–Trinajstić information content (AvgIpc) is 2.32. The molecule has 1 aromatic heterocycles. The molecule has 19 heavy (non-hydrogen) atoms. The van der Waals surface area contributed by atoms with Gasteiger partial charge in [-0.15, -0.1) is 0 Å². The van der Waals surface area contributed by atoms with Crippen molar-refractivity contribution in [1.82, 2.24) is 4.57 Å². The molecular formula is C16H20N2O. The number of nitrogens with zero attached hydrogens (tertiary/aromatic N) is 1. The third kappa shape index (κ3) is 2.61. The van der Waals surface area contributed by atoms with Gasteiger partial charge in [-0.05, 0) is 44.9 Å². The second-order valence-electron chi connectivity index (χ2n) is 5.18. The van der Waals surface area contributed by atoms with E-state index >= 15 is 0 Å². The number of aromatic nitrogens is 1. The van der Waals surface area contributed by atoms with E-state index in [1.807, 2.05) is 24.6 Å². The molecule has 0 aliphatic heterocycles. The molecule has 2 rings (SSSR count). The lowest BCUT2D eigenvalue weighted by molar-refractivity contribution is 0.785. The maximum Gasteiger partial charge on any atom is 0.186 e. The molecule has 0 fully saturated rings. The molecule has 3 nitrogen and oxygen atoms in total. The van der Waals surface area contributed by atoms with Crippen molar-refractivity contribution in [1.29, 1.82) is 0 Å². The second kappa shape index (κ2) is 5.02. The highest BCUT2D eigenvalue weighted by Crippen LogP contribution is 2.18. The molecule has 0 saturated heterocycles. The number of nitrogens with two attached hydrogens (primary N) is 1. The topological polar surface area (TPSA) is 48.0 Å². The van der Waals surface area contributed by atoms with Crippen LogP contribution in [-0.4, -0.2) is 4.57 Å². The van der Waals surface area contributed by atoms with Gasteiger partial charge in [0.2, 0.25) is 0 Å². The van der Waals surface area contributed by atoms with Crippen LogP contribution in [0.15, 0.2) is 35.3 Å². The Morgan fingerprint density at radius 2 is 1.84 bits per heavy atom. The molecule has 2 aromatic rings. The Morgan fingerprint density at radius 1 is 1.16 bits per heavy atom. The van der Waals surface area contributed by atoms with Crippen LogP contribution in [0.3, 0.4) is 0 Å². The van der Waals surface area contributed by atoms with Gasteiger partial charge in [0, 0.05) is 35.2 Å². The summed E-state index contributed by atoms with van der Waals surface area (Å²) in [4.78, 5) is 11.9. The molecule has 0 spiro atoms. The van der Waals surface area contributed by atoms with E-state index in [2.05, 4.69) is 32.0 Å². The van der Waals surface area contributed by atoms with Gasteiger partial charge in [0.1, 0.15) is 0 Å². The van der Waals surface area contributed by atoms with Gasteiger partial charge in [0.25, 0.3) is 0 Å². The Balaban J connectivity index is 2.71. The molecule has 0 bridgehead atoms. The van der Waals surface area contributed by atoms with E-state index in [1.54, 1.807) is 6.07 Å². The number of hydrogen-bond donors (Lipinski definition) is 1. The monoisotopic (exact) mass is 256 g/mol. The summed E-state index contributed by atoms with van der Waals surface area (Å²) in [7, 11) is 0. The van der Waals surface area contributed by atoms with Crippen molar-refractivity contribution >= 4 is 0 Å². The Bertz CT molecular complexity index is 669. The zero-order valence-corrected chi connectivity index (χ0v) is 11.9. The van der Waals surface area contributed by atoms with Crippen LogP contribution in [0.4, 0.5) is 0 Å².